The Kier molecular flexibility index (Phi) is 6.17. The van der Waals surface area contributed by atoms with Crippen molar-refractivity contribution >= 4 is 44.9 Å². The maximum Gasteiger partial charge on any atom is 0.277 e. The van der Waals surface area contributed by atoms with Gasteiger partial charge in [0.1, 0.15) is 16.7 Å². The standard InChI is InChI=1S/C21H25N7O3S/c1-22-10-7-14-8-11-28(12-9-14)21-25-17-13-23-27-20(29)18(17)19(26-21)24-15-3-5-16(6-4-15)32(2,30)31/h3-6,13-14H,1,7-12H2,2H3,(H,27,29)(H,24,25,26). The lowest BCUT2D eigenvalue weighted by molar-refractivity contribution is 0.384. The summed E-state index contributed by atoms with van der Waals surface area (Å²) in [5.41, 5.74) is 0.641. The molecule has 0 spiro atoms. The molecule has 10 nitrogen and oxygen atoms in total. The summed E-state index contributed by atoms with van der Waals surface area (Å²) in [4.78, 5) is 28.0. The van der Waals surface area contributed by atoms with Crippen molar-refractivity contribution in [3.05, 3.63) is 40.8 Å². The Morgan fingerprint density at radius 3 is 2.59 bits per heavy atom. The maximum absolute atomic E-state index is 12.5. The zero-order valence-electron chi connectivity index (χ0n) is 17.8. The van der Waals surface area contributed by atoms with Crippen LogP contribution in [0.25, 0.3) is 10.9 Å². The van der Waals surface area contributed by atoms with Gasteiger partial charge in [-0.15, -0.1) is 0 Å². The molecule has 2 N–H and O–H groups in total. The number of fused-ring (bicyclic) bond motifs is 1. The molecule has 2 aromatic heterocycles. The molecule has 1 fully saturated rings. The topological polar surface area (TPSA) is 133 Å². The van der Waals surface area contributed by atoms with Gasteiger partial charge in [0.05, 0.1) is 11.1 Å². The Labute approximate surface area is 185 Å². The van der Waals surface area contributed by atoms with Gasteiger partial charge < -0.3 is 15.2 Å². The fraction of sp³-hybridized carbons (Fsp3) is 0.381. The largest absolute Gasteiger partial charge is 0.341 e. The highest BCUT2D eigenvalue weighted by molar-refractivity contribution is 7.90. The molecule has 0 aliphatic carbocycles. The average molecular weight is 456 g/mol. The number of hydrogen-bond acceptors (Lipinski definition) is 9. The quantitative estimate of drug-likeness (QED) is 0.518. The second-order valence-electron chi connectivity index (χ2n) is 7.92. The molecule has 3 heterocycles. The number of aliphatic imine (C=N–C) groups is 1. The SMILES string of the molecule is C=NCCC1CCN(c2nc(Nc3ccc(S(C)(=O)=O)cc3)c3c(=O)[nH]ncc3n2)CC1. The molecule has 1 aliphatic rings. The van der Waals surface area contributed by atoms with Gasteiger partial charge in [0.25, 0.3) is 5.56 Å². The summed E-state index contributed by atoms with van der Waals surface area (Å²) in [5.74, 6) is 1.48. The van der Waals surface area contributed by atoms with Crippen molar-refractivity contribution in [3.8, 4) is 0 Å². The number of anilines is 3. The third-order valence-corrected chi connectivity index (χ3v) is 6.77. The highest BCUT2D eigenvalue weighted by Crippen LogP contribution is 2.27. The van der Waals surface area contributed by atoms with E-state index in [-0.39, 0.29) is 4.90 Å². The number of H-pyrrole nitrogens is 1. The fourth-order valence-electron chi connectivity index (χ4n) is 3.84. The number of nitrogens with zero attached hydrogens (tertiary/aromatic N) is 5. The van der Waals surface area contributed by atoms with E-state index >= 15 is 0 Å². The minimum atomic E-state index is -3.30. The molecular formula is C21H25N7O3S. The lowest BCUT2D eigenvalue weighted by Gasteiger charge is -2.32. The van der Waals surface area contributed by atoms with E-state index in [1.807, 2.05) is 0 Å². The number of aromatic amines is 1. The Morgan fingerprint density at radius 1 is 1.22 bits per heavy atom. The summed E-state index contributed by atoms with van der Waals surface area (Å²) in [7, 11) is -3.30. The summed E-state index contributed by atoms with van der Waals surface area (Å²) in [6, 6.07) is 6.30. The van der Waals surface area contributed by atoms with Gasteiger partial charge in [0.15, 0.2) is 9.84 Å². The van der Waals surface area contributed by atoms with E-state index in [1.165, 1.54) is 18.3 Å². The maximum atomic E-state index is 12.5. The average Bonchev–Trinajstić information content (AvgIpc) is 2.77. The number of piperidine rings is 1. The zero-order valence-corrected chi connectivity index (χ0v) is 18.6. The number of rotatable bonds is 7. The molecule has 1 saturated heterocycles. The van der Waals surface area contributed by atoms with Gasteiger partial charge in [-0.3, -0.25) is 4.79 Å². The summed E-state index contributed by atoms with van der Waals surface area (Å²) < 4.78 is 23.4. The van der Waals surface area contributed by atoms with Crippen LogP contribution >= 0.6 is 0 Å². The molecule has 1 aromatic carbocycles. The van der Waals surface area contributed by atoms with Gasteiger partial charge in [-0.05, 0) is 56.2 Å². The van der Waals surface area contributed by atoms with E-state index in [0.717, 1.165) is 45.2 Å². The van der Waals surface area contributed by atoms with Crippen molar-refractivity contribution in [2.45, 2.75) is 24.2 Å². The number of benzene rings is 1. The molecule has 0 unspecified atom stereocenters. The van der Waals surface area contributed by atoms with Gasteiger partial charge >= 0.3 is 0 Å². The number of sulfone groups is 1. The van der Waals surface area contributed by atoms with Crippen LogP contribution in [0, 0.1) is 5.92 Å². The minimum Gasteiger partial charge on any atom is -0.341 e. The molecule has 0 bridgehead atoms. The predicted molar refractivity (Wildman–Crippen MR) is 125 cm³/mol. The van der Waals surface area contributed by atoms with Crippen molar-refractivity contribution in [1.82, 2.24) is 20.2 Å². The van der Waals surface area contributed by atoms with Gasteiger partial charge in [0.2, 0.25) is 5.95 Å². The first-order chi connectivity index (χ1) is 15.3. The Hall–Kier alpha value is -3.34. The molecule has 11 heteroatoms. The number of nitrogens with one attached hydrogen (secondary N) is 2. The molecule has 1 aliphatic heterocycles. The van der Waals surface area contributed by atoms with Crippen molar-refractivity contribution in [2.75, 3.05) is 36.1 Å². The number of hydrogen-bond donors (Lipinski definition) is 2. The van der Waals surface area contributed by atoms with E-state index in [9.17, 15) is 13.2 Å². The van der Waals surface area contributed by atoms with Crippen LogP contribution in [0.15, 0.2) is 45.1 Å². The normalized spacial score (nSPS) is 15.1. The Balaban J connectivity index is 1.64. The molecule has 168 valence electrons. The van der Waals surface area contributed by atoms with Crippen molar-refractivity contribution in [2.24, 2.45) is 10.9 Å². The molecule has 0 amide bonds. The lowest BCUT2D eigenvalue weighted by Crippen LogP contribution is -2.35. The van der Waals surface area contributed by atoms with Crippen LogP contribution in [-0.2, 0) is 9.84 Å². The van der Waals surface area contributed by atoms with Gasteiger partial charge in [-0.1, -0.05) is 0 Å². The molecule has 0 atom stereocenters. The highest BCUT2D eigenvalue weighted by Gasteiger charge is 2.22. The van der Waals surface area contributed by atoms with E-state index in [0.29, 0.717) is 34.3 Å². The van der Waals surface area contributed by atoms with Crippen LogP contribution in [0.3, 0.4) is 0 Å². The molecule has 4 rings (SSSR count). The third-order valence-electron chi connectivity index (χ3n) is 5.64. The monoisotopic (exact) mass is 455 g/mol. The van der Waals surface area contributed by atoms with Gasteiger partial charge in [-0.25, -0.2) is 18.5 Å². The van der Waals surface area contributed by atoms with E-state index in [4.69, 9.17) is 0 Å². The Morgan fingerprint density at radius 2 is 1.94 bits per heavy atom. The first-order valence-corrected chi connectivity index (χ1v) is 12.2. The molecule has 0 saturated carbocycles. The van der Waals surface area contributed by atoms with Crippen molar-refractivity contribution < 1.29 is 8.42 Å². The fourth-order valence-corrected chi connectivity index (χ4v) is 4.47. The zero-order chi connectivity index (χ0) is 22.7. The van der Waals surface area contributed by atoms with Crippen LogP contribution in [0.1, 0.15) is 19.3 Å². The first-order valence-electron chi connectivity index (χ1n) is 10.3. The predicted octanol–water partition coefficient (Wildman–Crippen LogP) is 2.17. The van der Waals surface area contributed by atoms with E-state index in [2.05, 4.69) is 42.1 Å². The van der Waals surface area contributed by atoms with Crippen molar-refractivity contribution in [1.29, 1.82) is 0 Å². The van der Waals surface area contributed by atoms with Crippen LogP contribution in [-0.4, -0.2) is 61.2 Å². The van der Waals surface area contributed by atoms with Crippen LogP contribution in [0.2, 0.25) is 0 Å². The van der Waals surface area contributed by atoms with Crippen LogP contribution < -0.4 is 15.8 Å². The summed E-state index contributed by atoms with van der Waals surface area (Å²) in [5, 5.41) is 9.73. The van der Waals surface area contributed by atoms with Gasteiger partial charge in [0, 0.05) is 31.6 Å². The molecule has 32 heavy (non-hydrogen) atoms. The minimum absolute atomic E-state index is 0.216. The van der Waals surface area contributed by atoms with Crippen LogP contribution in [0.4, 0.5) is 17.5 Å². The summed E-state index contributed by atoms with van der Waals surface area (Å²) in [6.45, 7) is 5.95. The van der Waals surface area contributed by atoms with Crippen molar-refractivity contribution in [3.63, 3.8) is 0 Å². The first kappa shape index (κ1) is 21.9. The number of aromatic nitrogens is 4. The molecule has 3 aromatic rings. The van der Waals surface area contributed by atoms with Gasteiger partial charge in [-0.2, -0.15) is 10.1 Å². The molecular weight excluding hydrogens is 430 g/mol. The molecule has 0 radical (unpaired) electrons. The lowest BCUT2D eigenvalue weighted by atomic mass is 9.94. The van der Waals surface area contributed by atoms with E-state index < -0.39 is 15.4 Å². The summed E-state index contributed by atoms with van der Waals surface area (Å²) in [6.07, 6.45) is 5.72. The Bertz CT molecular complexity index is 1280. The second kappa shape index (κ2) is 9.03. The van der Waals surface area contributed by atoms with E-state index in [1.54, 1.807) is 12.1 Å². The highest BCUT2D eigenvalue weighted by atomic mass is 32.2. The third kappa shape index (κ3) is 4.77. The smallest absolute Gasteiger partial charge is 0.277 e. The van der Waals surface area contributed by atoms with Crippen LogP contribution in [0.5, 0.6) is 0 Å². The second-order valence-corrected chi connectivity index (χ2v) is 9.94. The summed E-state index contributed by atoms with van der Waals surface area (Å²) >= 11 is 0.